The molecule has 0 aromatic heterocycles. The van der Waals surface area contributed by atoms with E-state index in [4.69, 9.17) is 9.84 Å². The van der Waals surface area contributed by atoms with Gasteiger partial charge in [-0.2, -0.15) is 0 Å². The first-order valence-corrected chi connectivity index (χ1v) is 5.75. The number of hydrogen-bond acceptors (Lipinski definition) is 3. The van der Waals surface area contributed by atoms with E-state index in [9.17, 15) is 4.79 Å². The number of hydrogen-bond donors (Lipinski definition) is 2. The molecule has 0 unspecified atom stereocenters. The van der Waals surface area contributed by atoms with Crippen molar-refractivity contribution in [3.8, 4) is 5.75 Å². The minimum atomic E-state index is -0.829. The first-order chi connectivity index (χ1) is 8.09. The predicted molar refractivity (Wildman–Crippen MR) is 66.4 cm³/mol. The van der Waals surface area contributed by atoms with Crippen LogP contribution in [0.5, 0.6) is 5.75 Å². The minimum absolute atomic E-state index is 0.506. The van der Waals surface area contributed by atoms with Crippen molar-refractivity contribution in [1.82, 2.24) is 5.32 Å². The van der Waals surface area contributed by atoms with Crippen molar-refractivity contribution < 1.29 is 14.6 Å². The van der Waals surface area contributed by atoms with E-state index in [0.717, 1.165) is 12.2 Å². The van der Waals surface area contributed by atoms with Gasteiger partial charge in [0.05, 0.1) is 6.61 Å². The van der Waals surface area contributed by atoms with Gasteiger partial charge in [0.2, 0.25) is 0 Å². The van der Waals surface area contributed by atoms with Crippen LogP contribution >= 0.6 is 0 Å². The Morgan fingerprint density at radius 2 is 2.29 bits per heavy atom. The molecule has 0 aliphatic carbocycles. The monoisotopic (exact) mass is 237 g/mol. The fraction of sp³-hybridized carbons (Fsp3) is 0.462. The van der Waals surface area contributed by atoms with Crippen LogP contribution < -0.4 is 10.1 Å². The fourth-order valence-electron chi connectivity index (χ4n) is 1.37. The number of aliphatic carboxylic acids is 1. The van der Waals surface area contributed by atoms with Crippen LogP contribution in [0.4, 0.5) is 0 Å². The summed E-state index contributed by atoms with van der Waals surface area (Å²) in [7, 11) is 0. The molecule has 94 valence electrons. The van der Waals surface area contributed by atoms with Gasteiger partial charge in [-0.15, -0.1) is 0 Å². The SMILES string of the molecule is Cc1cccc(OCCCN[C@H](C)C(=O)O)c1. The molecule has 0 saturated heterocycles. The number of carboxylic acid groups (broad SMARTS) is 1. The molecule has 0 fully saturated rings. The number of carboxylic acids is 1. The van der Waals surface area contributed by atoms with Gasteiger partial charge in [0, 0.05) is 0 Å². The highest BCUT2D eigenvalue weighted by molar-refractivity contribution is 5.72. The third-order valence-electron chi connectivity index (χ3n) is 2.40. The molecular weight excluding hydrogens is 218 g/mol. The van der Waals surface area contributed by atoms with E-state index in [1.165, 1.54) is 5.56 Å². The zero-order valence-corrected chi connectivity index (χ0v) is 10.3. The van der Waals surface area contributed by atoms with Gasteiger partial charge in [-0.05, 0) is 44.5 Å². The quantitative estimate of drug-likeness (QED) is 0.710. The van der Waals surface area contributed by atoms with E-state index < -0.39 is 12.0 Å². The molecule has 4 heteroatoms. The third-order valence-corrected chi connectivity index (χ3v) is 2.40. The van der Waals surface area contributed by atoms with Gasteiger partial charge in [-0.25, -0.2) is 0 Å². The molecule has 0 bridgehead atoms. The van der Waals surface area contributed by atoms with Gasteiger partial charge in [-0.1, -0.05) is 12.1 Å². The van der Waals surface area contributed by atoms with E-state index in [1.54, 1.807) is 6.92 Å². The van der Waals surface area contributed by atoms with Crippen LogP contribution in [0.25, 0.3) is 0 Å². The lowest BCUT2D eigenvalue weighted by molar-refractivity contribution is -0.139. The molecule has 0 aliphatic rings. The van der Waals surface area contributed by atoms with Crippen LogP contribution in [0.2, 0.25) is 0 Å². The number of ether oxygens (including phenoxy) is 1. The largest absolute Gasteiger partial charge is 0.494 e. The molecule has 0 heterocycles. The highest BCUT2D eigenvalue weighted by atomic mass is 16.5. The van der Waals surface area contributed by atoms with Crippen molar-refractivity contribution >= 4 is 5.97 Å². The van der Waals surface area contributed by atoms with E-state index in [2.05, 4.69) is 5.32 Å². The van der Waals surface area contributed by atoms with Crippen LogP contribution in [-0.4, -0.2) is 30.3 Å². The Morgan fingerprint density at radius 3 is 2.94 bits per heavy atom. The van der Waals surface area contributed by atoms with Crippen LogP contribution in [-0.2, 0) is 4.79 Å². The summed E-state index contributed by atoms with van der Waals surface area (Å²) in [5.41, 5.74) is 1.17. The highest BCUT2D eigenvalue weighted by Crippen LogP contribution is 2.12. The Morgan fingerprint density at radius 1 is 1.53 bits per heavy atom. The van der Waals surface area contributed by atoms with Crippen molar-refractivity contribution in [3.63, 3.8) is 0 Å². The average molecular weight is 237 g/mol. The maximum Gasteiger partial charge on any atom is 0.320 e. The summed E-state index contributed by atoms with van der Waals surface area (Å²) in [4.78, 5) is 10.5. The average Bonchev–Trinajstić information content (AvgIpc) is 2.28. The first kappa shape index (κ1) is 13.5. The van der Waals surface area contributed by atoms with Gasteiger partial charge in [0.15, 0.2) is 0 Å². The zero-order chi connectivity index (χ0) is 12.7. The Kier molecular flexibility index (Phi) is 5.49. The molecule has 1 atom stereocenters. The molecule has 0 radical (unpaired) electrons. The van der Waals surface area contributed by atoms with Crippen molar-refractivity contribution in [3.05, 3.63) is 29.8 Å². The molecule has 2 N–H and O–H groups in total. The number of rotatable bonds is 7. The molecule has 17 heavy (non-hydrogen) atoms. The van der Waals surface area contributed by atoms with Crippen LogP contribution in [0, 0.1) is 6.92 Å². The lowest BCUT2D eigenvalue weighted by atomic mass is 10.2. The topological polar surface area (TPSA) is 58.6 Å². The summed E-state index contributed by atoms with van der Waals surface area (Å²) < 4.78 is 5.54. The van der Waals surface area contributed by atoms with Crippen LogP contribution in [0.15, 0.2) is 24.3 Å². The van der Waals surface area contributed by atoms with Crippen molar-refractivity contribution in [2.45, 2.75) is 26.3 Å². The summed E-state index contributed by atoms with van der Waals surface area (Å²) in [6, 6.07) is 7.36. The highest BCUT2D eigenvalue weighted by Gasteiger charge is 2.08. The lowest BCUT2D eigenvalue weighted by Crippen LogP contribution is -2.34. The Bertz CT molecular complexity index is 365. The van der Waals surface area contributed by atoms with Crippen LogP contribution in [0.1, 0.15) is 18.9 Å². The van der Waals surface area contributed by atoms with Crippen molar-refractivity contribution in [2.24, 2.45) is 0 Å². The van der Waals surface area contributed by atoms with E-state index >= 15 is 0 Å². The summed E-state index contributed by atoms with van der Waals surface area (Å²) >= 11 is 0. The molecule has 1 aromatic rings. The first-order valence-electron chi connectivity index (χ1n) is 5.75. The molecule has 1 aromatic carbocycles. The second kappa shape index (κ2) is 6.91. The van der Waals surface area contributed by atoms with Gasteiger partial charge in [0.1, 0.15) is 11.8 Å². The second-order valence-electron chi connectivity index (χ2n) is 4.03. The van der Waals surface area contributed by atoms with E-state index in [-0.39, 0.29) is 0 Å². The Labute approximate surface area is 102 Å². The standard InChI is InChI=1S/C13H19NO3/c1-10-5-3-6-12(9-10)17-8-4-7-14-11(2)13(15)16/h3,5-6,9,11,14H,4,7-8H2,1-2H3,(H,15,16)/t11-/m1/s1. The zero-order valence-electron chi connectivity index (χ0n) is 10.3. The maximum absolute atomic E-state index is 10.5. The molecule has 1 rings (SSSR count). The van der Waals surface area contributed by atoms with Gasteiger partial charge < -0.3 is 15.2 Å². The van der Waals surface area contributed by atoms with Crippen molar-refractivity contribution in [1.29, 1.82) is 0 Å². The third kappa shape index (κ3) is 5.36. The van der Waals surface area contributed by atoms with Crippen LogP contribution in [0.3, 0.4) is 0 Å². The Hall–Kier alpha value is -1.55. The summed E-state index contributed by atoms with van der Waals surface area (Å²) in [6.07, 6.45) is 0.783. The molecule has 0 spiro atoms. The van der Waals surface area contributed by atoms with Gasteiger partial charge in [-0.3, -0.25) is 4.79 Å². The summed E-state index contributed by atoms with van der Waals surface area (Å²) in [6.45, 7) is 4.87. The van der Waals surface area contributed by atoms with Gasteiger partial charge in [0.25, 0.3) is 0 Å². The second-order valence-corrected chi connectivity index (χ2v) is 4.03. The normalized spacial score (nSPS) is 12.1. The Balaban J connectivity index is 2.14. The van der Waals surface area contributed by atoms with Crippen molar-refractivity contribution in [2.75, 3.05) is 13.2 Å². The van der Waals surface area contributed by atoms with Gasteiger partial charge >= 0.3 is 5.97 Å². The molecule has 0 saturated carbocycles. The number of benzene rings is 1. The molecule has 4 nitrogen and oxygen atoms in total. The number of aryl methyl sites for hydroxylation is 1. The maximum atomic E-state index is 10.5. The van der Waals surface area contributed by atoms with E-state index in [1.807, 2.05) is 31.2 Å². The smallest absolute Gasteiger partial charge is 0.320 e. The van der Waals surface area contributed by atoms with E-state index in [0.29, 0.717) is 13.2 Å². The molecule has 0 amide bonds. The predicted octanol–water partition coefficient (Wildman–Crippen LogP) is 1.83. The minimum Gasteiger partial charge on any atom is -0.494 e. The molecule has 0 aliphatic heterocycles. The number of carbonyl (C=O) groups is 1. The molecular formula is C13H19NO3. The summed E-state index contributed by atoms with van der Waals surface area (Å²) in [5, 5.41) is 11.6. The number of nitrogens with one attached hydrogen (secondary N) is 1. The fourth-order valence-corrected chi connectivity index (χ4v) is 1.37. The lowest BCUT2D eigenvalue weighted by Gasteiger charge is -2.10. The summed E-state index contributed by atoms with van der Waals surface area (Å²) in [5.74, 6) is 0.0286.